The van der Waals surface area contributed by atoms with Gasteiger partial charge in [0.1, 0.15) is 0 Å². The van der Waals surface area contributed by atoms with E-state index in [1.165, 1.54) is 0 Å². The van der Waals surface area contributed by atoms with Crippen LogP contribution < -0.4 is 4.90 Å². The van der Waals surface area contributed by atoms with Gasteiger partial charge in [0.2, 0.25) is 0 Å². The Morgan fingerprint density at radius 3 is 2.60 bits per heavy atom. The van der Waals surface area contributed by atoms with Gasteiger partial charge in [0.05, 0.1) is 5.56 Å². The second kappa shape index (κ2) is 7.09. The molecule has 25 heavy (non-hydrogen) atoms. The minimum Gasteiger partial charge on any atom is -0.449 e. The van der Waals surface area contributed by atoms with Crippen LogP contribution in [-0.4, -0.2) is 24.5 Å². The van der Waals surface area contributed by atoms with Crippen LogP contribution in [0.2, 0.25) is 0 Å². The summed E-state index contributed by atoms with van der Waals surface area (Å²) < 4.78 is 5.43. The molecule has 0 spiro atoms. The minimum absolute atomic E-state index is 0.177. The summed E-state index contributed by atoms with van der Waals surface area (Å²) in [6, 6.07) is 13.3. The second-order valence-electron chi connectivity index (χ2n) is 6.57. The molecule has 0 fully saturated rings. The maximum Gasteiger partial charge on any atom is 0.338 e. The van der Waals surface area contributed by atoms with E-state index in [9.17, 15) is 9.59 Å². The zero-order valence-electron chi connectivity index (χ0n) is 14.9. The number of fused-ring (bicyclic) bond motifs is 1. The number of hydrogen-bond acceptors (Lipinski definition) is 3. The third kappa shape index (κ3) is 3.58. The number of amides is 1. The second-order valence-corrected chi connectivity index (χ2v) is 6.57. The van der Waals surface area contributed by atoms with Gasteiger partial charge in [-0.2, -0.15) is 0 Å². The Bertz CT molecular complexity index is 813. The Kier molecular flexibility index (Phi) is 4.88. The number of rotatable bonds is 3. The summed E-state index contributed by atoms with van der Waals surface area (Å²) in [4.78, 5) is 26.9. The van der Waals surface area contributed by atoms with E-state index in [-0.39, 0.29) is 5.91 Å². The average Bonchev–Trinajstić information content (AvgIpc) is 2.62. The molecule has 3 rings (SSSR count). The highest BCUT2D eigenvalue weighted by Gasteiger charge is 2.28. The van der Waals surface area contributed by atoms with Crippen molar-refractivity contribution < 1.29 is 14.3 Å². The van der Waals surface area contributed by atoms with Crippen LogP contribution in [-0.2, 0) is 16.0 Å². The molecule has 0 saturated heterocycles. The fourth-order valence-corrected chi connectivity index (χ4v) is 3.13. The number of hydrogen-bond donors (Lipinski definition) is 0. The fraction of sp³-hybridized carbons (Fsp3) is 0.333. The van der Waals surface area contributed by atoms with Crippen LogP contribution >= 0.6 is 0 Å². The molecule has 2 aromatic carbocycles. The predicted molar refractivity (Wildman–Crippen MR) is 97.9 cm³/mol. The molecule has 0 N–H and O–H groups in total. The summed E-state index contributed by atoms with van der Waals surface area (Å²) in [7, 11) is 0. The van der Waals surface area contributed by atoms with Crippen LogP contribution in [0.1, 0.15) is 40.4 Å². The third-order valence-corrected chi connectivity index (χ3v) is 4.75. The van der Waals surface area contributed by atoms with E-state index >= 15 is 0 Å². The van der Waals surface area contributed by atoms with Gasteiger partial charge in [-0.15, -0.1) is 0 Å². The number of nitrogens with zero attached hydrogens (tertiary/aromatic N) is 1. The molecule has 0 aromatic heterocycles. The van der Waals surface area contributed by atoms with Crippen LogP contribution in [0.5, 0.6) is 0 Å². The van der Waals surface area contributed by atoms with Gasteiger partial charge < -0.3 is 9.64 Å². The molecule has 130 valence electrons. The van der Waals surface area contributed by atoms with E-state index in [1.807, 2.05) is 44.2 Å². The smallest absolute Gasteiger partial charge is 0.338 e. The number of anilines is 1. The topological polar surface area (TPSA) is 46.6 Å². The Labute approximate surface area is 148 Å². The van der Waals surface area contributed by atoms with Gasteiger partial charge in [-0.1, -0.05) is 24.3 Å². The molecule has 1 atom stereocenters. The van der Waals surface area contributed by atoms with E-state index < -0.39 is 12.1 Å². The number of carbonyl (C=O) groups excluding carboxylic acids is 2. The van der Waals surface area contributed by atoms with Crippen molar-refractivity contribution in [2.24, 2.45) is 0 Å². The minimum atomic E-state index is -0.819. The molecular weight excluding hydrogens is 314 g/mol. The average molecular weight is 337 g/mol. The van der Waals surface area contributed by atoms with Crippen molar-refractivity contribution in [1.29, 1.82) is 0 Å². The van der Waals surface area contributed by atoms with Gasteiger partial charge in [-0.05, 0) is 68.5 Å². The molecule has 4 heteroatoms. The van der Waals surface area contributed by atoms with Crippen molar-refractivity contribution >= 4 is 17.6 Å². The summed E-state index contributed by atoms with van der Waals surface area (Å²) >= 11 is 0. The summed E-state index contributed by atoms with van der Waals surface area (Å²) in [5, 5.41) is 0. The Morgan fingerprint density at radius 2 is 1.84 bits per heavy atom. The number of carbonyl (C=O) groups is 2. The molecule has 1 aliphatic heterocycles. The van der Waals surface area contributed by atoms with E-state index in [1.54, 1.807) is 24.0 Å². The molecular formula is C21H23NO3. The van der Waals surface area contributed by atoms with E-state index in [4.69, 9.17) is 4.74 Å². The summed E-state index contributed by atoms with van der Waals surface area (Å²) in [5.41, 5.74) is 4.70. The lowest BCUT2D eigenvalue weighted by Crippen LogP contribution is -2.42. The lowest BCUT2D eigenvalue weighted by molar-refractivity contribution is -0.126. The predicted octanol–water partition coefficient (Wildman–Crippen LogP) is 3.83. The van der Waals surface area contributed by atoms with Crippen LogP contribution in [0.3, 0.4) is 0 Å². The van der Waals surface area contributed by atoms with E-state index in [0.717, 1.165) is 35.2 Å². The molecule has 0 saturated carbocycles. The first-order valence-corrected chi connectivity index (χ1v) is 8.65. The van der Waals surface area contributed by atoms with Crippen LogP contribution in [0.25, 0.3) is 0 Å². The van der Waals surface area contributed by atoms with Gasteiger partial charge in [0.15, 0.2) is 6.10 Å². The van der Waals surface area contributed by atoms with Crippen molar-refractivity contribution in [2.75, 3.05) is 11.4 Å². The largest absolute Gasteiger partial charge is 0.449 e. The van der Waals surface area contributed by atoms with Crippen LogP contribution in [0.4, 0.5) is 5.69 Å². The monoisotopic (exact) mass is 337 g/mol. The molecule has 4 nitrogen and oxygen atoms in total. The number of ether oxygens (including phenoxy) is 1. The molecule has 1 heterocycles. The van der Waals surface area contributed by atoms with Crippen LogP contribution in [0.15, 0.2) is 42.5 Å². The summed E-state index contributed by atoms with van der Waals surface area (Å²) in [6.45, 7) is 6.23. The van der Waals surface area contributed by atoms with Crippen molar-refractivity contribution in [3.63, 3.8) is 0 Å². The fourth-order valence-electron chi connectivity index (χ4n) is 3.13. The summed E-state index contributed by atoms with van der Waals surface area (Å²) in [6.07, 6.45) is 1.07. The number of aryl methyl sites for hydroxylation is 3. The molecule has 1 aliphatic rings. The Hall–Kier alpha value is -2.62. The highest BCUT2D eigenvalue weighted by atomic mass is 16.5. The SMILES string of the molecule is Cc1ccc(C(=O)OC(C)C(=O)N2CCCc3ccccc32)cc1C. The first-order valence-electron chi connectivity index (χ1n) is 8.65. The summed E-state index contributed by atoms with van der Waals surface area (Å²) in [5.74, 6) is -0.640. The van der Waals surface area contributed by atoms with Crippen LogP contribution in [0, 0.1) is 13.8 Å². The zero-order chi connectivity index (χ0) is 18.0. The Balaban J connectivity index is 1.73. The normalized spacial score (nSPS) is 14.6. The molecule has 0 aliphatic carbocycles. The first-order chi connectivity index (χ1) is 12.0. The maximum absolute atomic E-state index is 12.8. The molecule has 1 amide bonds. The highest BCUT2D eigenvalue weighted by Crippen LogP contribution is 2.27. The van der Waals surface area contributed by atoms with Crippen molar-refractivity contribution in [3.8, 4) is 0 Å². The van der Waals surface area contributed by atoms with E-state index in [2.05, 4.69) is 0 Å². The van der Waals surface area contributed by atoms with Gasteiger partial charge in [-0.25, -0.2) is 4.79 Å². The number of esters is 1. The Morgan fingerprint density at radius 1 is 1.08 bits per heavy atom. The zero-order valence-corrected chi connectivity index (χ0v) is 14.9. The number of benzene rings is 2. The lowest BCUT2D eigenvalue weighted by atomic mass is 10.0. The van der Waals surface area contributed by atoms with Gasteiger partial charge in [0, 0.05) is 12.2 Å². The molecule has 0 bridgehead atoms. The highest BCUT2D eigenvalue weighted by molar-refractivity contribution is 5.99. The van der Waals surface area contributed by atoms with E-state index in [0.29, 0.717) is 12.1 Å². The van der Waals surface area contributed by atoms with Gasteiger partial charge in [0.25, 0.3) is 5.91 Å². The van der Waals surface area contributed by atoms with Crippen molar-refractivity contribution in [1.82, 2.24) is 0 Å². The van der Waals surface area contributed by atoms with Crippen molar-refractivity contribution in [3.05, 3.63) is 64.7 Å². The number of para-hydroxylation sites is 1. The standard InChI is InChI=1S/C21H23NO3/c1-14-10-11-18(13-15(14)2)21(24)25-16(3)20(23)22-12-6-8-17-7-4-5-9-19(17)22/h4-5,7,9-11,13,16H,6,8,12H2,1-3H3. The maximum atomic E-state index is 12.8. The van der Waals surface area contributed by atoms with Gasteiger partial charge >= 0.3 is 5.97 Å². The van der Waals surface area contributed by atoms with Crippen molar-refractivity contribution in [2.45, 2.75) is 39.7 Å². The quantitative estimate of drug-likeness (QED) is 0.800. The molecule has 0 radical (unpaired) electrons. The molecule has 1 unspecified atom stereocenters. The first kappa shape index (κ1) is 17.2. The lowest BCUT2D eigenvalue weighted by Gasteiger charge is -2.31. The molecule has 2 aromatic rings. The van der Waals surface area contributed by atoms with Gasteiger partial charge in [-0.3, -0.25) is 4.79 Å². The third-order valence-electron chi connectivity index (χ3n) is 4.75.